The van der Waals surface area contributed by atoms with E-state index >= 15 is 0 Å². The molecule has 0 amide bonds. The second-order valence-electron chi connectivity index (χ2n) is 2.52. The van der Waals surface area contributed by atoms with Crippen LogP contribution in [0, 0.1) is 0 Å². The van der Waals surface area contributed by atoms with Crippen molar-refractivity contribution in [2.75, 3.05) is 0 Å². The molecule has 0 saturated carbocycles. The molecule has 0 aromatic carbocycles. The molecule has 0 aromatic heterocycles. The van der Waals surface area contributed by atoms with E-state index < -0.39 is 0 Å². The first-order valence-corrected chi connectivity index (χ1v) is 4.24. The summed E-state index contributed by atoms with van der Waals surface area (Å²) in [5.41, 5.74) is 3.85. The molecule has 0 aromatic rings. The van der Waals surface area contributed by atoms with Crippen LogP contribution >= 0.6 is 25.4 Å². The van der Waals surface area contributed by atoms with Gasteiger partial charge in [-0.3, -0.25) is 0 Å². The lowest BCUT2D eigenvalue weighted by molar-refractivity contribution is 0.263. The van der Waals surface area contributed by atoms with E-state index in [-0.39, 0.29) is 0 Å². The highest BCUT2D eigenvalue weighted by molar-refractivity contribution is 7.84. The summed E-state index contributed by atoms with van der Waals surface area (Å²) in [6, 6.07) is 0. The van der Waals surface area contributed by atoms with Gasteiger partial charge < -0.3 is 0 Å². The molecule has 2 aliphatic heterocycles. The number of allylic oxidation sites excluding steroid dienone is 1. The maximum absolute atomic E-state index is 4.28. The number of thiol groups is 2. The summed E-state index contributed by atoms with van der Waals surface area (Å²) in [5, 5.41) is 2.55. The average Bonchev–Trinajstić information content (AvgIpc) is 2.29. The molecule has 1 N–H and O–H groups in total. The average molecular weight is 200 g/mol. The van der Waals surface area contributed by atoms with Gasteiger partial charge >= 0.3 is 0 Å². The van der Waals surface area contributed by atoms with Gasteiger partial charge in [-0.25, -0.2) is 14.4 Å². The second-order valence-corrected chi connectivity index (χ2v) is 3.41. The van der Waals surface area contributed by atoms with Crippen molar-refractivity contribution in [3.8, 4) is 0 Å². The number of nitrogens with one attached hydrogen (secondary N) is 1. The zero-order valence-electron chi connectivity index (χ0n) is 6.39. The highest BCUT2D eigenvalue weighted by Crippen LogP contribution is 2.24. The Kier molecular flexibility index (Phi) is 1.82. The third kappa shape index (κ3) is 1.21. The highest BCUT2D eigenvalue weighted by Gasteiger charge is 2.23. The summed E-state index contributed by atoms with van der Waals surface area (Å²) in [4.78, 5) is 4.27. The molecule has 0 fully saturated rings. The van der Waals surface area contributed by atoms with Gasteiger partial charge in [-0.2, -0.15) is 0 Å². The monoisotopic (exact) mass is 200 g/mol. The van der Waals surface area contributed by atoms with Crippen LogP contribution in [0.4, 0.5) is 0 Å². The van der Waals surface area contributed by atoms with Crippen LogP contribution in [0.2, 0.25) is 0 Å². The minimum absolute atomic E-state index is 0.801. The van der Waals surface area contributed by atoms with Gasteiger partial charge in [0.2, 0.25) is 0 Å². The van der Waals surface area contributed by atoms with Gasteiger partial charge in [0.1, 0.15) is 0 Å². The Morgan fingerprint density at radius 2 is 2.33 bits per heavy atom. The molecule has 4 nitrogen and oxygen atoms in total. The van der Waals surface area contributed by atoms with Crippen LogP contribution in [0.5, 0.6) is 0 Å². The molecule has 6 heteroatoms. The Bertz CT molecular complexity index is 307. The summed E-state index contributed by atoms with van der Waals surface area (Å²) < 4.78 is 1.53. The van der Waals surface area contributed by atoms with Crippen LogP contribution in [0.15, 0.2) is 28.1 Å². The quantitative estimate of drug-likeness (QED) is 0.508. The van der Waals surface area contributed by atoms with Gasteiger partial charge in [0.25, 0.3) is 0 Å². The van der Waals surface area contributed by atoms with Crippen LogP contribution in [0.3, 0.4) is 0 Å². The molecule has 0 aliphatic carbocycles. The third-order valence-electron chi connectivity index (χ3n) is 1.53. The van der Waals surface area contributed by atoms with Gasteiger partial charge in [-0.05, 0) is 25.8 Å². The predicted molar refractivity (Wildman–Crippen MR) is 54.1 cm³/mol. The van der Waals surface area contributed by atoms with Crippen LogP contribution in [0.1, 0.15) is 6.92 Å². The van der Waals surface area contributed by atoms with Crippen LogP contribution in [0.25, 0.3) is 0 Å². The molecule has 0 unspecified atom stereocenters. The molecular weight excluding hydrogens is 192 g/mol. The zero-order valence-corrected chi connectivity index (χ0v) is 8.18. The first-order chi connectivity index (χ1) is 5.66. The lowest BCUT2D eigenvalue weighted by atomic mass is 10.3. The molecular formula is C6H8N4S2. The molecule has 2 aliphatic rings. The van der Waals surface area contributed by atoms with E-state index in [0.717, 1.165) is 16.6 Å². The Morgan fingerprint density at radius 3 is 3.08 bits per heavy atom. The van der Waals surface area contributed by atoms with Crippen molar-refractivity contribution in [2.45, 2.75) is 6.92 Å². The van der Waals surface area contributed by atoms with E-state index in [1.54, 1.807) is 11.2 Å². The van der Waals surface area contributed by atoms with Crippen molar-refractivity contribution in [2.24, 2.45) is 4.99 Å². The van der Waals surface area contributed by atoms with Crippen molar-refractivity contribution in [3.63, 3.8) is 0 Å². The molecule has 2 rings (SSSR count). The number of rotatable bonds is 0. The number of aliphatic imine (C=N–C) groups is 1. The Balaban J connectivity index is 2.37. The fraction of sp³-hybridized carbons (Fsp3) is 0.167. The predicted octanol–water partition coefficient (Wildman–Crippen LogP) is 0.913. The first-order valence-electron chi connectivity index (χ1n) is 3.39. The number of hydrogen-bond acceptors (Lipinski definition) is 6. The van der Waals surface area contributed by atoms with E-state index in [4.69, 9.17) is 0 Å². The number of nitrogens with zero attached hydrogens (tertiary/aromatic N) is 3. The fourth-order valence-corrected chi connectivity index (χ4v) is 1.59. The second kappa shape index (κ2) is 2.72. The van der Waals surface area contributed by atoms with E-state index in [2.05, 4.69) is 36.0 Å². The summed E-state index contributed by atoms with van der Waals surface area (Å²) in [6.07, 6.45) is 3.65. The van der Waals surface area contributed by atoms with Crippen LogP contribution in [-0.4, -0.2) is 15.1 Å². The van der Waals surface area contributed by atoms with Gasteiger partial charge in [0.05, 0.1) is 11.2 Å². The SMILES string of the molecule is CC1=NC2=CN(S)NN2C(S)=C1. The molecule has 0 spiro atoms. The maximum atomic E-state index is 4.28. The summed E-state index contributed by atoms with van der Waals surface area (Å²) in [6.45, 7) is 1.93. The van der Waals surface area contributed by atoms with E-state index in [9.17, 15) is 0 Å². The first kappa shape index (κ1) is 8.03. The van der Waals surface area contributed by atoms with Crippen molar-refractivity contribution in [1.82, 2.24) is 15.0 Å². The van der Waals surface area contributed by atoms with Crippen molar-refractivity contribution in [1.29, 1.82) is 0 Å². The van der Waals surface area contributed by atoms with Crippen LogP contribution in [-0.2, 0) is 0 Å². The molecule has 0 bridgehead atoms. The maximum Gasteiger partial charge on any atom is 0.168 e. The number of fused-ring (bicyclic) bond motifs is 1. The Labute approximate surface area is 81.5 Å². The Morgan fingerprint density at radius 1 is 1.58 bits per heavy atom. The molecule has 0 saturated heterocycles. The van der Waals surface area contributed by atoms with Crippen LogP contribution < -0.4 is 5.53 Å². The van der Waals surface area contributed by atoms with Crippen molar-refractivity contribution >= 4 is 31.2 Å². The number of hydrazine groups is 2. The highest BCUT2D eigenvalue weighted by atomic mass is 32.1. The summed E-state index contributed by atoms with van der Waals surface area (Å²) in [5.74, 6) is 0.801. The van der Waals surface area contributed by atoms with Gasteiger partial charge in [0.15, 0.2) is 5.82 Å². The van der Waals surface area contributed by atoms with E-state index in [1.165, 1.54) is 4.41 Å². The molecule has 0 atom stereocenters. The normalized spacial score (nSPS) is 21.8. The van der Waals surface area contributed by atoms with Gasteiger partial charge in [-0.15, -0.1) is 18.2 Å². The van der Waals surface area contributed by atoms with Gasteiger partial charge in [-0.1, -0.05) is 0 Å². The summed E-state index contributed by atoms with van der Waals surface area (Å²) >= 11 is 8.37. The molecule has 2 heterocycles. The molecule has 0 radical (unpaired) electrons. The third-order valence-corrected chi connectivity index (χ3v) is 2.06. The zero-order chi connectivity index (χ0) is 8.72. The summed E-state index contributed by atoms with van der Waals surface area (Å²) in [7, 11) is 0. The minimum atomic E-state index is 0.801. The topological polar surface area (TPSA) is 30.9 Å². The van der Waals surface area contributed by atoms with E-state index in [1.807, 2.05) is 13.0 Å². The fourth-order valence-electron chi connectivity index (χ4n) is 1.06. The minimum Gasteiger partial charge on any atom is -0.239 e. The Hall–Kier alpha value is -0.590. The lowest BCUT2D eigenvalue weighted by Gasteiger charge is -2.22. The molecule has 64 valence electrons. The van der Waals surface area contributed by atoms with Crippen molar-refractivity contribution in [3.05, 3.63) is 23.1 Å². The standard InChI is InChI=1S/C6H8N4S2/c1-4-2-6(11)10-5(7-4)3-9(12)8-10/h2-3,8,11-12H,1H3. The number of hydrogen-bond donors (Lipinski definition) is 3. The van der Waals surface area contributed by atoms with E-state index in [0.29, 0.717) is 0 Å². The smallest absolute Gasteiger partial charge is 0.168 e. The lowest BCUT2D eigenvalue weighted by Crippen LogP contribution is -2.35. The molecule has 12 heavy (non-hydrogen) atoms. The largest absolute Gasteiger partial charge is 0.239 e. The van der Waals surface area contributed by atoms with Gasteiger partial charge in [0, 0.05) is 5.71 Å². The van der Waals surface area contributed by atoms with Crippen molar-refractivity contribution < 1.29 is 0 Å².